The average Bonchev–Trinajstić information content (AvgIpc) is 2.41. The molecule has 0 atom stereocenters. The Morgan fingerprint density at radius 2 is 1.89 bits per heavy atom. The Morgan fingerprint density at radius 1 is 1.16 bits per heavy atom. The second-order valence-corrected chi connectivity index (χ2v) is 5.31. The van der Waals surface area contributed by atoms with Gasteiger partial charge in [-0.05, 0) is 18.2 Å². The largest absolute Gasteiger partial charge is 0.387 e. The molecule has 0 amide bonds. The van der Waals surface area contributed by atoms with E-state index in [0.29, 0.717) is 5.69 Å². The van der Waals surface area contributed by atoms with Gasteiger partial charge in [-0.2, -0.15) is 5.10 Å². The van der Waals surface area contributed by atoms with Gasteiger partial charge in [0.15, 0.2) is 5.82 Å². The number of benzene rings is 1. The number of sulfonamides is 1. The number of nitrogens with zero attached hydrogens (tertiary/aromatic N) is 1. The summed E-state index contributed by atoms with van der Waals surface area (Å²) in [6.07, 6.45) is 0. The van der Waals surface area contributed by atoms with E-state index in [-0.39, 0.29) is 10.7 Å². The molecular formula is C11H12N4O3S. The van der Waals surface area contributed by atoms with Crippen molar-refractivity contribution in [2.75, 3.05) is 17.1 Å². The highest BCUT2D eigenvalue weighted by Crippen LogP contribution is 2.21. The summed E-state index contributed by atoms with van der Waals surface area (Å²) >= 11 is 0. The first-order valence-corrected chi connectivity index (χ1v) is 6.86. The van der Waals surface area contributed by atoms with Crippen molar-refractivity contribution in [1.29, 1.82) is 0 Å². The highest BCUT2D eigenvalue weighted by molar-refractivity contribution is 7.92. The fourth-order valence-corrected chi connectivity index (χ4v) is 2.72. The first-order valence-electron chi connectivity index (χ1n) is 5.38. The number of aromatic amines is 1. The number of nitrogens with one attached hydrogen (secondary N) is 3. The molecule has 8 heteroatoms. The first kappa shape index (κ1) is 13.1. The van der Waals surface area contributed by atoms with Crippen molar-refractivity contribution in [3.8, 4) is 0 Å². The summed E-state index contributed by atoms with van der Waals surface area (Å²) in [5.41, 5.74) is 0.0676. The van der Waals surface area contributed by atoms with Crippen LogP contribution < -0.4 is 15.6 Å². The molecule has 0 saturated carbocycles. The van der Waals surface area contributed by atoms with Crippen LogP contribution in [0.25, 0.3) is 0 Å². The van der Waals surface area contributed by atoms with Gasteiger partial charge in [0.1, 0.15) is 4.90 Å². The molecule has 0 unspecified atom stereocenters. The zero-order valence-electron chi connectivity index (χ0n) is 10.0. The fraction of sp³-hybridized carbons (Fsp3) is 0.0909. The number of hydrogen-bond donors (Lipinski definition) is 3. The van der Waals surface area contributed by atoms with Crippen LogP contribution >= 0.6 is 0 Å². The van der Waals surface area contributed by atoms with Gasteiger partial charge in [0.05, 0.1) is 5.69 Å². The predicted molar refractivity (Wildman–Crippen MR) is 71.7 cm³/mol. The number of anilines is 2. The van der Waals surface area contributed by atoms with Gasteiger partial charge in [0.25, 0.3) is 15.6 Å². The molecule has 3 N–H and O–H groups in total. The molecule has 1 aromatic heterocycles. The van der Waals surface area contributed by atoms with E-state index in [1.807, 2.05) is 0 Å². The smallest absolute Gasteiger partial charge is 0.265 e. The molecular weight excluding hydrogens is 268 g/mol. The second kappa shape index (κ2) is 5.11. The van der Waals surface area contributed by atoms with E-state index in [1.54, 1.807) is 25.2 Å². The van der Waals surface area contributed by atoms with Crippen molar-refractivity contribution in [3.63, 3.8) is 0 Å². The molecule has 7 nitrogen and oxygen atoms in total. The summed E-state index contributed by atoms with van der Waals surface area (Å²) in [5.74, 6) is 0.0468. The highest BCUT2D eigenvalue weighted by atomic mass is 32.2. The predicted octanol–water partition coefficient (Wildman–Crippen LogP) is 0.612. The maximum absolute atomic E-state index is 12.2. The third kappa shape index (κ3) is 2.91. The molecule has 2 aromatic rings. The number of rotatable bonds is 4. The topological polar surface area (TPSA) is 104 Å². The van der Waals surface area contributed by atoms with Gasteiger partial charge in [0.2, 0.25) is 0 Å². The summed E-state index contributed by atoms with van der Waals surface area (Å²) < 4.78 is 26.7. The standard InChI is InChI=1S/C11H12N4O3S/c1-12-8-4-2-3-5-9(8)19(17,18)15-10-6-7-11(16)14-13-10/h2-7,12H,1H3,(H,13,15)(H,14,16). The molecule has 0 aliphatic heterocycles. The van der Waals surface area contributed by atoms with Gasteiger partial charge in [-0.15, -0.1) is 0 Å². The van der Waals surface area contributed by atoms with Crippen LogP contribution in [0.4, 0.5) is 11.5 Å². The van der Waals surface area contributed by atoms with Crippen LogP contribution in [0, 0.1) is 0 Å². The number of para-hydroxylation sites is 1. The van der Waals surface area contributed by atoms with Crippen molar-refractivity contribution in [3.05, 3.63) is 46.8 Å². The summed E-state index contributed by atoms with van der Waals surface area (Å²) in [6.45, 7) is 0. The molecule has 0 bridgehead atoms. The van der Waals surface area contributed by atoms with E-state index in [4.69, 9.17) is 0 Å². The lowest BCUT2D eigenvalue weighted by Gasteiger charge is -2.10. The Labute approximate surface area is 109 Å². The van der Waals surface area contributed by atoms with Crippen molar-refractivity contribution in [1.82, 2.24) is 10.2 Å². The number of hydrogen-bond acceptors (Lipinski definition) is 5. The van der Waals surface area contributed by atoms with Crippen LogP contribution in [0.5, 0.6) is 0 Å². The Morgan fingerprint density at radius 3 is 2.53 bits per heavy atom. The zero-order valence-corrected chi connectivity index (χ0v) is 10.9. The first-order chi connectivity index (χ1) is 9.03. The summed E-state index contributed by atoms with van der Waals surface area (Å²) in [4.78, 5) is 11.0. The van der Waals surface area contributed by atoms with Crippen LogP contribution in [0.15, 0.2) is 46.1 Å². The molecule has 0 fully saturated rings. The van der Waals surface area contributed by atoms with Gasteiger partial charge in [-0.25, -0.2) is 13.5 Å². The second-order valence-electron chi connectivity index (χ2n) is 3.66. The molecule has 0 aliphatic carbocycles. The molecule has 2 rings (SSSR count). The van der Waals surface area contributed by atoms with E-state index in [1.165, 1.54) is 18.2 Å². The van der Waals surface area contributed by atoms with Crippen molar-refractivity contribution in [2.45, 2.75) is 4.90 Å². The van der Waals surface area contributed by atoms with E-state index >= 15 is 0 Å². The molecule has 0 saturated heterocycles. The SMILES string of the molecule is CNc1ccccc1S(=O)(=O)Nc1ccc(=O)[nH]n1. The Kier molecular flexibility index (Phi) is 3.52. The highest BCUT2D eigenvalue weighted by Gasteiger charge is 2.18. The Hall–Kier alpha value is -2.35. The Balaban J connectivity index is 2.37. The van der Waals surface area contributed by atoms with Crippen molar-refractivity contribution >= 4 is 21.5 Å². The quantitative estimate of drug-likeness (QED) is 0.761. The third-order valence-corrected chi connectivity index (χ3v) is 3.78. The normalized spacial score (nSPS) is 11.0. The van der Waals surface area contributed by atoms with Crippen LogP contribution in [-0.4, -0.2) is 25.7 Å². The maximum atomic E-state index is 12.2. The van der Waals surface area contributed by atoms with Gasteiger partial charge >= 0.3 is 0 Å². The molecule has 100 valence electrons. The minimum absolute atomic E-state index is 0.0468. The van der Waals surface area contributed by atoms with E-state index in [0.717, 1.165) is 0 Å². The lowest BCUT2D eigenvalue weighted by atomic mass is 10.3. The lowest BCUT2D eigenvalue weighted by Crippen LogP contribution is -2.17. The maximum Gasteiger partial charge on any atom is 0.265 e. The molecule has 19 heavy (non-hydrogen) atoms. The number of aromatic nitrogens is 2. The molecule has 0 spiro atoms. The summed E-state index contributed by atoms with van der Waals surface area (Å²) in [5, 5.41) is 8.55. The van der Waals surface area contributed by atoms with E-state index in [2.05, 4.69) is 20.2 Å². The van der Waals surface area contributed by atoms with Gasteiger partial charge in [-0.1, -0.05) is 12.1 Å². The fourth-order valence-electron chi connectivity index (χ4n) is 1.50. The zero-order chi connectivity index (χ0) is 13.9. The van der Waals surface area contributed by atoms with Crippen LogP contribution in [0.3, 0.4) is 0 Å². The van der Waals surface area contributed by atoms with Crippen LogP contribution in [0.1, 0.15) is 0 Å². The average molecular weight is 280 g/mol. The monoisotopic (exact) mass is 280 g/mol. The molecule has 1 aromatic carbocycles. The van der Waals surface area contributed by atoms with Crippen LogP contribution in [0.2, 0.25) is 0 Å². The number of H-pyrrole nitrogens is 1. The molecule has 0 radical (unpaired) electrons. The third-order valence-electron chi connectivity index (χ3n) is 2.36. The van der Waals surface area contributed by atoms with Gasteiger partial charge < -0.3 is 5.32 Å². The minimum atomic E-state index is -3.77. The Bertz CT molecular complexity index is 719. The van der Waals surface area contributed by atoms with E-state index in [9.17, 15) is 13.2 Å². The van der Waals surface area contributed by atoms with E-state index < -0.39 is 15.6 Å². The summed E-state index contributed by atoms with van der Waals surface area (Å²) in [6, 6.07) is 8.95. The lowest BCUT2D eigenvalue weighted by molar-refractivity contribution is 0.601. The van der Waals surface area contributed by atoms with Crippen molar-refractivity contribution < 1.29 is 8.42 Å². The molecule has 1 heterocycles. The summed E-state index contributed by atoms with van der Waals surface area (Å²) in [7, 11) is -2.13. The van der Waals surface area contributed by atoms with Crippen molar-refractivity contribution in [2.24, 2.45) is 0 Å². The van der Waals surface area contributed by atoms with Gasteiger partial charge in [0, 0.05) is 13.1 Å². The van der Waals surface area contributed by atoms with Crippen LogP contribution in [-0.2, 0) is 10.0 Å². The minimum Gasteiger partial charge on any atom is -0.387 e. The van der Waals surface area contributed by atoms with Gasteiger partial charge in [-0.3, -0.25) is 9.52 Å². The molecule has 0 aliphatic rings.